The Morgan fingerprint density at radius 3 is 2.80 bits per heavy atom. The van der Waals surface area contributed by atoms with Gasteiger partial charge >= 0.3 is 0 Å². The third-order valence-corrected chi connectivity index (χ3v) is 3.70. The molecule has 1 atom stereocenters. The quantitative estimate of drug-likeness (QED) is 0.848. The first-order valence-electron chi connectivity index (χ1n) is 6.19. The highest BCUT2D eigenvalue weighted by molar-refractivity contribution is 6.30. The molecule has 0 bridgehead atoms. The van der Waals surface area contributed by atoms with Gasteiger partial charge in [-0.15, -0.1) is 0 Å². The van der Waals surface area contributed by atoms with Crippen molar-refractivity contribution in [2.45, 2.75) is 6.17 Å². The van der Waals surface area contributed by atoms with Crippen molar-refractivity contribution in [1.29, 1.82) is 0 Å². The van der Waals surface area contributed by atoms with Gasteiger partial charge < -0.3 is 15.3 Å². The zero-order valence-electron chi connectivity index (χ0n) is 10.8. The zero-order valence-corrected chi connectivity index (χ0v) is 11.6. The molecule has 20 heavy (non-hydrogen) atoms. The highest BCUT2D eigenvalue weighted by atomic mass is 35.5. The van der Waals surface area contributed by atoms with Gasteiger partial charge in [0, 0.05) is 17.6 Å². The highest BCUT2D eigenvalue weighted by Crippen LogP contribution is 2.35. The molecular weight excluding hydrogens is 276 g/mol. The minimum absolute atomic E-state index is 0.103. The van der Waals surface area contributed by atoms with Crippen molar-refractivity contribution in [2.24, 2.45) is 0 Å². The van der Waals surface area contributed by atoms with Crippen LogP contribution in [0.15, 0.2) is 42.5 Å². The molecule has 0 saturated heterocycles. The maximum atomic E-state index is 12.2. The number of rotatable bonds is 1. The summed E-state index contributed by atoms with van der Waals surface area (Å²) in [7, 11) is 1.86. The molecular formula is C15H13ClN2O2. The lowest BCUT2D eigenvalue weighted by molar-refractivity contribution is 0.0927. The summed E-state index contributed by atoms with van der Waals surface area (Å²) in [6.45, 7) is 0. The Labute approximate surface area is 121 Å². The highest BCUT2D eigenvalue weighted by Gasteiger charge is 2.30. The molecule has 5 heteroatoms. The molecule has 0 fully saturated rings. The number of aromatic hydroxyl groups is 1. The van der Waals surface area contributed by atoms with Crippen LogP contribution in [0, 0.1) is 0 Å². The van der Waals surface area contributed by atoms with E-state index in [1.165, 1.54) is 6.07 Å². The summed E-state index contributed by atoms with van der Waals surface area (Å²) in [6, 6.07) is 12.1. The summed E-state index contributed by atoms with van der Waals surface area (Å²) < 4.78 is 0. The lowest BCUT2D eigenvalue weighted by Crippen LogP contribution is -2.44. The van der Waals surface area contributed by atoms with Gasteiger partial charge in [-0.1, -0.05) is 23.7 Å². The van der Waals surface area contributed by atoms with Gasteiger partial charge in [0.1, 0.15) is 11.9 Å². The molecule has 3 rings (SSSR count). The second kappa shape index (κ2) is 4.72. The van der Waals surface area contributed by atoms with Crippen LogP contribution in [0.25, 0.3) is 0 Å². The van der Waals surface area contributed by atoms with Gasteiger partial charge in [0.05, 0.1) is 11.3 Å². The molecule has 0 saturated carbocycles. The second-order valence-electron chi connectivity index (χ2n) is 4.71. The van der Waals surface area contributed by atoms with E-state index in [-0.39, 0.29) is 11.7 Å². The van der Waals surface area contributed by atoms with E-state index in [1.54, 1.807) is 18.2 Å². The van der Waals surface area contributed by atoms with Crippen molar-refractivity contribution in [2.75, 3.05) is 11.9 Å². The molecule has 0 aromatic heterocycles. The summed E-state index contributed by atoms with van der Waals surface area (Å²) in [5.74, 6) is -0.0611. The number of carbonyl (C=O) groups excluding carboxylic acids is 1. The summed E-state index contributed by atoms with van der Waals surface area (Å²) in [5, 5.41) is 13.4. The Kier molecular flexibility index (Phi) is 3.03. The summed E-state index contributed by atoms with van der Waals surface area (Å²) >= 11 is 5.98. The number of halogens is 1. The predicted octanol–water partition coefficient (Wildman–Crippen LogP) is 2.92. The third kappa shape index (κ3) is 1.98. The normalized spacial score (nSPS) is 17.6. The van der Waals surface area contributed by atoms with E-state index >= 15 is 0 Å². The van der Waals surface area contributed by atoms with Gasteiger partial charge in [-0.25, -0.2) is 0 Å². The summed E-state index contributed by atoms with van der Waals surface area (Å²) in [4.78, 5) is 14.1. The van der Waals surface area contributed by atoms with E-state index in [0.717, 1.165) is 5.69 Å². The van der Waals surface area contributed by atoms with Gasteiger partial charge in [0.25, 0.3) is 5.91 Å². The molecule has 0 aliphatic carbocycles. The molecule has 102 valence electrons. The van der Waals surface area contributed by atoms with E-state index in [0.29, 0.717) is 16.1 Å². The fourth-order valence-electron chi connectivity index (χ4n) is 2.44. The first-order chi connectivity index (χ1) is 9.58. The van der Waals surface area contributed by atoms with Gasteiger partial charge in [0.15, 0.2) is 0 Å². The molecule has 2 aromatic carbocycles. The molecule has 1 aliphatic rings. The number of carbonyl (C=O) groups is 1. The van der Waals surface area contributed by atoms with Gasteiger partial charge in [0.2, 0.25) is 0 Å². The summed E-state index contributed by atoms with van der Waals surface area (Å²) in [6.07, 6.45) is -0.448. The first kappa shape index (κ1) is 12.8. The average molecular weight is 289 g/mol. The van der Waals surface area contributed by atoms with E-state index < -0.39 is 6.17 Å². The van der Waals surface area contributed by atoms with Crippen LogP contribution in [0.4, 0.5) is 5.69 Å². The minimum Gasteiger partial charge on any atom is -0.508 e. The Hall–Kier alpha value is -2.20. The SMILES string of the molecule is CN1c2ccccc2C(=O)NC1c1cc(Cl)ccc1O. The average Bonchev–Trinajstić information content (AvgIpc) is 2.46. The fraction of sp³-hybridized carbons (Fsp3) is 0.133. The standard InChI is InChI=1S/C15H13ClN2O2/c1-18-12-5-3-2-4-10(12)15(20)17-14(18)11-8-9(16)6-7-13(11)19/h2-8,14,19H,1H3,(H,17,20). The van der Waals surface area contributed by atoms with Crippen LogP contribution in [-0.2, 0) is 0 Å². The van der Waals surface area contributed by atoms with Crippen molar-refractivity contribution in [3.8, 4) is 5.75 Å². The Morgan fingerprint density at radius 1 is 1.25 bits per heavy atom. The molecule has 1 amide bonds. The molecule has 0 radical (unpaired) electrons. The van der Waals surface area contributed by atoms with Crippen LogP contribution in [-0.4, -0.2) is 18.1 Å². The number of phenols is 1. The molecule has 1 aliphatic heterocycles. The van der Waals surface area contributed by atoms with Crippen LogP contribution in [0.3, 0.4) is 0 Å². The number of para-hydroxylation sites is 1. The fourth-order valence-corrected chi connectivity index (χ4v) is 2.62. The van der Waals surface area contributed by atoms with E-state index in [2.05, 4.69) is 5.32 Å². The number of nitrogens with zero attached hydrogens (tertiary/aromatic N) is 1. The summed E-state index contributed by atoms with van der Waals surface area (Å²) in [5.41, 5.74) is 2.01. The Balaban J connectivity index is 2.09. The maximum Gasteiger partial charge on any atom is 0.255 e. The number of anilines is 1. The molecule has 2 aromatic rings. The second-order valence-corrected chi connectivity index (χ2v) is 5.14. The van der Waals surface area contributed by atoms with E-state index in [4.69, 9.17) is 11.6 Å². The maximum absolute atomic E-state index is 12.2. The number of phenolic OH excluding ortho intramolecular Hbond substituents is 1. The number of hydrogen-bond donors (Lipinski definition) is 2. The molecule has 1 heterocycles. The predicted molar refractivity (Wildman–Crippen MR) is 78.2 cm³/mol. The van der Waals surface area contributed by atoms with Gasteiger partial charge in [-0.3, -0.25) is 4.79 Å². The first-order valence-corrected chi connectivity index (χ1v) is 6.57. The molecule has 2 N–H and O–H groups in total. The van der Waals surface area contributed by atoms with E-state index in [1.807, 2.05) is 30.1 Å². The smallest absolute Gasteiger partial charge is 0.255 e. The van der Waals surface area contributed by atoms with Crippen LogP contribution < -0.4 is 10.2 Å². The largest absolute Gasteiger partial charge is 0.508 e. The lowest BCUT2D eigenvalue weighted by atomic mass is 10.0. The van der Waals surface area contributed by atoms with Gasteiger partial charge in [-0.2, -0.15) is 0 Å². The molecule has 4 nitrogen and oxygen atoms in total. The number of hydrogen-bond acceptors (Lipinski definition) is 3. The van der Waals surface area contributed by atoms with Crippen molar-refractivity contribution < 1.29 is 9.90 Å². The van der Waals surface area contributed by atoms with E-state index in [9.17, 15) is 9.90 Å². The molecule has 0 spiro atoms. The number of benzene rings is 2. The minimum atomic E-state index is -0.448. The monoisotopic (exact) mass is 288 g/mol. The topological polar surface area (TPSA) is 52.6 Å². The Bertz CT molecular complexity index is 687. The van der Waals surface area contributed by atoms with Crippen molar-refractivity contribution in [3.05, 3.63) is 58.6 Å². The van der Waals surface area contributed by atoms with Gasteiger partial charge in [-0.05, 0) is 30.3 Å². The lowest BCUT2D eigenvalue weighted by Gasteiger charge is -2.36. The van der Waals surface area contributed by atoms with Crippen LogP contribution in [0.1, 0.15) is 22.1 Å². The van der Waals surface area contributed by atoms with Crippen LogP contribution in [0.5, 0.6) is 5.75 Å². The van der Waals surface area contributed by atoms with Crippen molar-refractivity contribution >= 4 is 23.2 Å². The van der Waals surface area contributed by atoms with Crippen LogP contribution in [0.2, 0.25) is 5.02 Å². The zero-order chi connectivity index (χ0) is 14.3. The number of amides is 1. The third-order valence-electron chi connectivity index (χ3n) is 3.47. The Morgan fingerprint density at radius 2 is 2.00 bits per heavy atom. The number of fused-ring (bicyclic) bond motifs is 1. The van der Waals surface area contributed by atoms with Crippen molar-refractivity contribution in [3.63, 3.8) is 0 Å². The van der Waals surface area contributed by atoms with Crippen LogP contribution >= 0.6 is 11.6 Å². The number of nitrogens with one attached hydrogen (secondary N) is 1. The molecule has 1 unspecified atom stereocenters. The van der Waals surface area contributed by atoms with Crippen molar-refractivity contribution in [1.82, 2.24) is 5.32 Å².